The lowest BCUT2D eigenvalue weighted by Crippen LogP contribution is -2.12. The number of nitrogens with zero attached hydrogens (tertiary/aromatic N) is 1. The average Bonchev–Trinajstić information content (AvgIpc) is 2.09. The lowest BCUT2D eigenvalue weighted by molar-refractivity contribution is 0.999. The summed E-state index contributed by atoms with van der Waals surface area (Å²) in [4.78, 5) is 3.96. The van der Waals surface area contributed by atoms with E-state index in [0.717, 1.165) is 5.69 Å². The third kappa shape index (κ3) is 1.99. The molecule has 1 aromatic heterocycles. The third-order valence-corrected chi connectivity index (χ3v) is 1.59. The minimum atomic E-state index is 0.205. The maximum Gasteiger partial charge on any atom is 0.0764 e. The van der Waals surface area contributed by atoms with Gasteiger partial charge in [0.2, 0.25) is 0 Å². The van der Waals surface area contributed by atoms with Crippen molar-refractivity contribution in [1.82, 2.24) is 4.98 Å². The second kappa shape index (κ2) is 3.76. The van der Waals surface area contributed by atoms with Crippen molar-refractivity contribution in [1.29, 1.82) is 0 Å². The van der Waals surface area contributed by atoms with Crippen LogP contribution in [0, 0.1) is 0 Å². The molecule has 12 heavy (non-hydrogen) atoms. The van der Waals surface area contributed by atoms with Crippen molar-refractivity contribution in [2.75, 3.05) is 11.1 Å². The first-order valence-corrected chi connectivity index (χ1v) is 3.82. The largest absolute Gasteiger partial charge is 0.397 e. The van der Waals surface area contributed by atoms with E-state index in [0.29, 0.717) is 5.69 Å². The second-order valence-corrected chi connectivity index (χ2v) is 2.63. The first-order valence-electron chi connectivity index (χ1n) is 3.82. The van der Waals surface area contributed by atoms with Crippen LogP contribution in [-0.4, -0.2) is 11.0 Å². The van der Waals surface area contributed by atoms with Gasteiger partial charge in [-0.2, -0.15) is 0 Å². The van der Waals surface area contributed by atoms with E-state index < -0.39 is 0 Å². The molecule has 3 N–H and O–H groups in total. The fourth-order valence-electron chi connectivity index (χ4n) is 0.830. The van der Waals surface area contributed by atoms with Crippen LogP contribution >= 0.6 is 0 Å². The zero-order valence-electron chi connectivity index (χ0n) is 7.12. The van der Waals surface area contributed by atoms with Gasteiger partial charge in [0.15, 0.2) is 0 Å². The molecule has 0 saturated carbocycles. The van der Waals surface area contributed by atoms with E-state index in [1.807, 2.05) is 13.0 Å². The van der Waals surface area contributed by atoms with Gasteiger partial charge in [-0.25, -0.2) is 0 Å². The van der Waals surface area contributed by atoms with Gasteiger partial charge in [-0.05, 0) is 13.0 Å². The van der Waals surface area contributed by atoms with Crippen molar-refractivity contribution in [3.05, 3.63) is 31.1 Å². The lowest BCUT2D eigenvalue weighted by atomic mass is 10.3. The van der Waals surface area contributed by atoms with Crippen LogP contribution in [0.4, 0.5) is 11.4 Å². The fraction of sp³-hybridized carbons (Fsp3) is 0.222. The number of nitrogens with two attached hydrogens (primary N) is 1. The van der Waals surface area contributed by atoms with Crippen molar-refractivity contribution >= 4 is 11.4 Å². The molecule has 0 aliphatic heterocycles. The predicted molar refractivity (Wildman–Crippen MR) is 51.9 cm³/mol. The Bertz CT molecular complexity index is 270. The molecule has 0 aliphatic carbocycles. The summed E-state index contributed by atoms with van der Waals surface area (Å²) >= 11 is 0. The van der Waals surface area contributed by atoms with Crippen LogP contribution in [0.5, 0.6) is 0 Å². The summed E-state index contributed by atoms with van der Waals surface area (Å²) in [6, 6.07) is 1.97. The maximum absolute atomic E-state index is 5.69. The predicted octanol–water partition coefficient (Wildman–Crippen LogP) is 1.65. The molecule has 1 unspecified atom stereocenters. The maximum atomic E-state index is 5.69. The molecular weight excluding hydrogens is 150 g/mol. The Balaban J connectivity index is 2.75. The lowest BCUT2D eigenvalue weighted by Gasteiger charge is -2.11. The number of anilines is 2. The monoisotopic (exact) mass is 163 g/mol. The van der Waals surface area contributed by atoms with E-state index in [9.17, 15) is 0 Å². The minimum absolute atomic E-state index is 0.205. The Morgan fingerprint density at radius 2 is 2.50 bits per heavy atom. The average molecular weight is 163 g/mol. The Kier molecular flexibility index (Phi) is 2.69. The summed E-state index contributed by atoms with van der Waals surface area (Å²) in [5.74, 6) is 0. The van der Waals surface area contributed by atoms with Crippen molar-refractivity contribution in [2.45, 2.75) is 13.0 Å². The van der Waals surface area contributed by atoms with E-state index in [1.54, 1.807) is 18.5 Å². The SMILES string of the molecule is C=CC(C)Nc1cnccc1N. The molecule has 0 bridgehead atoms. The molecule has 0 saturated heterocycles. The molecule has 0 fully saturated rings. The van der Waals surface area contributed by atoms with E-state index in [-0.39, 0.29) is 6.04 Å². The van der Waals surface area contributed by atoms with Gasteiger partial charge in [-0.15, -0.1) is 6.58 Å². The van der Waals surface area contributed by atoms with Gasteiger partial charge in [0.25, 0.3) is 0 Å². The van der Waals surface area contributed by atoms with Gasteiger partial charge in [0.1, 0.15) is 0 Å². The molecule has 0 aromatic carbocycles. The smallest absolute Gasteiger partial charge is 0.0764 e. The van der Waals surface area contributed by atoms with Crippen molar-refractivity contribution < 1.29 is 0 Å². The highest BCUT2D eigenvalue weighted by atomic mass is 14.9. The molecule has 0 radical (unpaired) electrons. The summed E-state index contributed by atoms with van der Waals surface area (Å²) < 4.78 is 0. The van der Waals surface area contributed by atoms with Crippen LogP contribution in [0.2, 0.25) is 0 Å². The van der Waals surface area contributed by atoms with Crippen LogP contribution in [0.1, 0.15) is 6.92 Å². The highest BCUT2D eigenvalue weighted by Crippen LogP contribution is 2.15. The summed E-state index contributed by atoms with van der Waals surface area (Å²) in [5, 5.41) is 3.15. The first kappa shape index (κ1) is 8.59. The van der Waals surface area contributed by atoms with E-state index in [2.05, 4.69) is 16.9 Å². The summed E-state index contributed by atoms with van der Waals surface area (Å²) in [5.41, 5.74) is 7.25. The number of hydrogen-bond acceptors (Lipinski definition) is 3. The van der Waals surface area contributed by atoms with E-state index >= 15 is 0 Å². The number of hydrogen-bond donors (Lipinski definition) is 2. The van der Waals surface area contributed by atoms with Crippen LogP contribution in [0.3, 0.4) is 0 Å². The molecule has 0 amide bonds. The van der Waals surface area contributed by atoms with Crippen molar-refractivity contribution in [3.8, 4) is 0 Å². The highest BCUT2D eigenvalue weighted by molar-refractivity contribution is 5.64. The summed E-state index contributed by atoms with van der Waals surface area (Å²) in [6.07, 6.45) is 5.18. The number of pyridine rings is 1. The Morgan fingerprint density at radius 3 is 3.08 bits per heavy atom. The standard InChI is InChI=1S/C9H13N3/c1-3-7(2)12-9-6-11-5-4-8(9)10/h3-7,12H,1H2,2H3,(H2,10,11). The fourth-order valence-corrected chi connectivity index (χ4v) is 0.830. The van der Waals surface area contributed by atoms with Gasteiger partial charge < -0.3 is 11.1 Å². The molecule has 64 valence electrons. The van der Waals surface area contributed by atoms with Crippen LogP contribution < -0.4 is 11.1 Å². The van der Waals surface area contributed by atoms with Gasteiger partial charge in [-0.3, -0.25) is 4.98 Å². The third-order valence-electron chi connectivity index (χ3n) is 1.59. The van der Waals surface area contributed by atoms with Crippen molar-refractivity contribution in [2.24, 2.45) is 0 Å². The molecule has 3 heteroatoms. The molecular formula is C9H13N3. The molecule has 1 heterocycles. The molecule has 1 rings (SSSR count). The van der Waals surface area contributed by atoms with Gasteiger partial charge >= 0.3 is 0 Å². The molecule has 1 aromatic rings. The quantitative estimate of drug-likeness (QED) is 0.666. The summed E-state index contributed by atoms with van der Waals surface area (Å²) in [7, 11) is 0. The zero-order chi connectivity index (χ0) is 8.97. The van der Waals surface area contributed by atoms with E-state index in [1.165, 1.54) is 0 Å². The number of aromatic nitrogens is 1. The zero-order valence-corrected chi connectivity index (χ0v) is 7.12. The van der Waals surface area contributed by atoms with Crippen LogP contribution in [-0.2, 0) is 0 Å². The Hall–Kier alpha value is -1.51. The van der Waals surface area contributed by atoms with Gasteiger partial charge in [0.05, 0.1) is 17.6 Å². The Labute approximate surface area is 72.3 Å². The number of nitrogens with one attached hydrogen (secondary N) is 1. The molecule has 3 nitrogen and oxygen atoms in total. The van der Waals surface area contributed by atoms with Crippen molar-refractivity contribution in [3.63, 3.8) is 0 Å². The van der Waals surface area contributed by atoms with Gasteiger partial charge in [0, 0.05) is 12.2 Å². The second-order valence-electron chi connectivity index (χ2n) is 2.63. The van der Waals surface area contributed by atoms with Crippen LogP contribution in [0.15, 0.2) is 31.1 Å². The summed E-state index contributed by atoms with van der Waals surface area (Å²) in [6.45, 7) is 5.66. The topological polar surface area (TPSA) is 50.9 Å². The van der Waals surface area contributed by atoms with E-state index in [4.69, 9.17) is 5.73 Å². The number of nitrogen functional groups attached to an aromatic ring is 1. The molecule has 0 spiro atoms. The molecule has 0 aliphatic rings. The normalized spacial score (nSPS) is 12.1. The Morgan fingerprint density at radius 1 is 1.75 bits per heavy atom. The first-order chi connectivity index (χ1) is 5.74. The minimum Gasteiger partial charge on any atom is -0.397 e. The van der Waals surface area contributed by atoms with Gasteiger partial charge in [-0.1, -0.05) is 6.08 Å². The van der Waals surface area contributed by atoms with Crippen LogP contribution in [0.25, 0.3) is 0 Å². The number of rotatable bonds is 3. The molecule has 1 atom stereocenters. The highest BCUT2D eigenvalue weighted by Gasteiger charge is 1.99.